The third-order valence-corrected chi connectivity index (χ3v) is 5.90. The van der Waals surface area contributed by atoms with Crippen LogP contribution in [0.5, 0.6) is 11.5 Å². The number of hydrogen-bond acceptors (Lipinski definition) is 4. The third-order valence-electron chi connectivity index (χ3n) is 5.90. The number of nitrogens with zero attached hydrogens (tertiary/aromatic N) is 1. The van der Waals surface area contributed by atoms with Crippen LogP contribution in [0.15, 0.2) is 67.0 Å². The van der Waals surface area contributed by atoms with Gasteiger partial charge in [-0.05, 0) is 72.2 Å². The van der Waals surface area contributed by atoms with Crippen LogP contribution in [0.25, 0.3) is 0 Å². The van der Waals surface area contributed by atoms with E-state index in [9.17, 15) is 4.79 Å². The highest BCUT2D eigenvalue weighted by Crippen LogP contribution is 2.35. The maximum absolute atomic E-state index is 12.7. The van der Waals surface area contributed by atoms with Gasteiger partial charge in [0.15, 0.2) is 11.5 Å². The minimum absolute atomic E-state index is 0.0752. The molecule has 2 atom stereocenters. The molecule has 2 aromatic carbocycles. The summed E-state index contributed by atoms with van der Waals surface area (Å²) in [6.07, 6.45) is 6.10. The van der Waals surface area contributed by atoms with Gasteiger partial charge in [0.05, 0.1) is 13.2 Å². The molecule has 0 bridgehead atoms. The van der Waals surface area contributed by atoms with E-state index in [-0.39, 0.29) is 11.9 Å². The van der Waals surface area contributed by atoms with Crippen LogP contribution in [0, 0.1) is 0 Å². The maximum atomic E-state index is 12.7. The average molecular weight is 417 g/mol. The summed E-state index contributed by atoms with van der Waals surface area (Å²) >= 11 is 0. The molecule has 31 heavy (non-hydrogen) atoms. The number of carbonyl (C=O) groups is 1. The lowest BCUT2D eigenvalue weighted by atomic mass is 9.97. The fraction of sp³-hybridized carbons (Fsp3) is 0.308. The van der Waals surface area contributed by atoms with E-state index in [0.717, 1.165) is 24.0 Å². The van der Waals surface area contributed by atoms with Crippen molar-refractivity contribution in [3.63, 3.8) is 0 Å². The first-order valence-electron chi connectivity index (χ1n) is 10.7. The molecule has 1 amide bonds. The fourth-order valence-corrected chi connectivity index (χ4v) is 4.18. The Bertz CT molecular complexity index is 1040. The molecule has 160 valence electrons. The minimum atomic E-state index is -0.118. The van der Waals surface area contributed by atoms with Gasteiger partial charge >= 0.3 is 0 Å². The number of hydrogen-bond donors (Lipinski definition) is 1. The molecule has 0 radical (unpaired) electrons. The van der Waals surface area contributed by atoms with E-state index in [1.807, 2.05) is 37.3 Å². The van der Waals surface area contributed by atoms with Gasteiger partial charge in [-0.3, -0.25) is 9.78 Å². The maximum Gasteiger partial charge on any atom is 0.221 e. The van der Waals surface area contributed by atoms with Crippen molar-refractivity contribution in [1.82, 2.24) is 10.3 Å². The van der Waals surface area contributed by atoms with Crippen LogP contribution in [-0.2, 0) is 17.8 Å². The van der Waals surface area contributed by atoms with Gasteiger partial charge in [-0.1, -0.05) is 30.3 Å². The van der Waals surface area contributed by atoms with Crippen LogP contribution in [0.3, 0.4) is 0 Å². The second-order valence-electron chi connectivity index (χ2n) is 7.98. The van der Waals surface area contributed by atoms with E-state index >= 15 is 0 Å². The monoisotopic (exact) mass is 416 g/mol. The van der Waals surface area contributed by atoms with Crippen molar-refractivity contribution in [1.29, 1.82) is 0 Å². The normalized spacial score (nSPS) is 15.7. The van der Waals surface area contributed by atoms with Crippen LogP contribution in [0.4, 0.5) is 0 Å². The van der Waals surface area contributed by atoms with Gasteiger partial charge in [-0.2, -0.15) is 0 Å². The molecule has 0 spiro atoms. The van der Waals surface area contributed by atoms with Crippen LogP contribution < -0.4 is 14.8 Å². The van der Waals surface area contributed by atoms with E-state index < -0.39 is 0 Å². The number of nitrogens with one attached hydrogen (secondary N) is 1. The Kier molecular flexibility index (Phi) is 6.51. The number of carbonyl (C=O) groups excluding carboxylic acids is 1. The molecule has 4 rings (SSSR count). The summed E-state index contributed by atoms with van der Waals surface area (Å²) < 4.78 is 11.4. The van der Waals surface area contributed by atoms with Crippen molar-refractivity contribution in [2.24, 2.45) is 0 Å². The van der Waals surface area contributed by atoms with Crippen molar-refractivity contribution in [3.8, 4) is 11.5 Å². The number of aromatic nitrogens is 1. The molecule has 1 aromatic heterocycles. The number of methoxy groups -OCH3 is 1. The number of aryl methyl sites for hydroxylation is 1. The number of fused-ring (bicyclic) bond motifs is 1. The van der Waals surface area contributed by atoms with Crippen LogP contribution in [0.2, 0.25) is 0 Å². The number of pyridine rings is 1. The molecule has 2 unspecified atom stereocenters. The lowest BCUT2D eigenvalue weighted by molar-refractivity contribution is -0.122. The summed E-state index contributed by atoms with van der Waals surface area (Å²) in [6, 6.07) is 18.0. The molecule has 0 saturated carbocycles. The Hall–Kier alpha value is -3.34. The lowest BCUT2D eigenvalue weighted by Crippen LogP contribution is -2.27. The van der Waals surface area contributed by atoms with E-state index in [0.29, 0.717) is 30.4 Å². The van der Waals surface area contributed by atoms with Gasteiger partial charge < -0.3 is 14.8 Å². The minimum Gasteiger partial charge on any atom is -0.493 e. The summed E-state index contributed by atoms with van der Waals surface area (Å²) in [7, 11) is 1.62. The molecule has 1 aliphatic carbocycles. The first kappa shape index (κ1) is 20.9. The number of ether oxygens (including phenoxy) is 2. The molecule has 3 aromatic rings. The fourth-order valence-electron chi connectivity index (χ4n) is 4.18. The molecule has 0 fully saturated rings. The number of rotatable bonds is 8. The summed E-state index contributed by atoms with van der Waals surface area (Å²) in [5.41, 5.74) is 4.71. The van der Waals surface area contributed by atoms with Crippen molar-refractivity contribution in [3.05, 3.63) is 89.2 Å². The molecular formula is C26H28N2O3. The van der Waals surface area contributed by atoms with Gasteiger partial charge in [0.1, 0.15) is 6.61 Å². The highest BCUT2D eigenvalue weighted by Gasteiger charge is 2.25. The zero-order valence-corrected chi connectivity index (χ0v) is 18.0. The standard InChI is InChI=1S/C26H28N2O3/c1-18(28-26(29)16-22-8-7-20-5-3-4-6-23(20)22)21-9-10-24(25(15-21)30-2)31-17-19-11-13-27-14-12-19/h3-6,9-15,18,22H,7-8,16-17H2,1-2H3,(H,28,29). The second kappa shape index (κ2) is 9.65. The lowest BCUT2D eigenvalue weighted by Gasteiger charge is -2.19. The van der Waals surface area contributed by atoms with Crippen molar-refractivity contribution in [2.75, 3.05) is 7.11 Å². The van der Waals surface area contributed by atoms with Crippen molar-refractivity contribution in [2.45, 2.75) is 44.8 Å². The molecular weight excluding hydrogens is 388 g/mol. The van der Waals surface area contributed by atoms with Gasteiger partial charge in [-0.25, -0.2) is 0 Å². The first-order valence-corrected chi connectivity index (χ1v) is 10.7. The quantitative estimate of drug-likeness (QED) is 0.563. The van der Waals surface area contributed by atoms with E-state index in [2.05, 4.69) is 34.6 Å². The topological polar surface area (TPSA) is 60.5 Å². The van der Waals surface area contributed by atoms with Crippen LogP contribution in [0.1, 0.15) is 54.0 Å². The summed E-state index contributed by atoms with van der Waals surface area (Å²) in [5, 5.41) is 3.14. The zero-order valence-electron chi connectivity index (χ0n) is 18.0. The third kappa shape index (κ3) is 5.05. The predicted octanol–water partition coefficient (Wildman–Crippen LogP) is 4.97. The first-order chi connectivity index (χ1) is 15.1. The molecule has 5 nitrogen and oxygen atoms in total. The molecule has 0 saturated heterocycles. The van der Waals surface area contributed by atoms with Crippen LogP contribution >= 0.6 is 0 Å². The van der Waals surface area contributed by atoms with Gasteiger partial charge in [-0.15, -0.1) is 0 Å². The summed E-state index contributed by atoms with van der Waals surface area (Å²) in [4.78, 5) is 16.7. The Morgan fingerprint density at radius 2 is 1.94 bits per heavy atom. The molecule has 5 heteroatoms. The number of amides is 1. The Morgan fingerprint density at radius 3 is 2.74 bits per heavy atom. The zero-order chi connectivity index (χ0) is 21.6. The largest absolute Gasteiger partial charge is 0.493 e. The molecule has 0 aliphatic heterocycles. The summed E-state index contributed by atoms with van der Waals surface area (Å²) in [6.45, 7) is 2.43. The highest BCUT2D eigenvalue weighted by molar-refractivity contribution is 5.77. The van der Waals surface area contributed by atoms with Crippen LogP contribution in [-0.4, -0.2) is 18.0 Å². The SMILES string of the molecule is COc1cc(C(C)NC(=O)CC2CCc3ccccc32)ccc1OCc1ccncc1. The van der Waals surface area contributed by atoms with E-state index in [4.69, 9.17) is 9.47 Å². The average Bonchev–Trinajstić information content (AvgIpc) is 3.21. The Balaban J connectivity index is 1.37. The van der Waals surface area contributed by atoms with Crippen molar-refractivity contribution >= 4 is 5.91 Å². The van der Waals surface area contributed by atoms with E-state index in [1.54, 1.807) is 19.5 Å². The molecule has 1 aliphatic rings. The highest BCUT2D eigenvalue weighted by atomic mass is 16.5. The molecule has 1 N–H and O–H groups in total. The van der Waals surface area contributed by atoms with Gasteiger partial charge in [0.2, 0.25) is 5.91 Å². The van der Waals surface area contributed by atoms with Crippen molar-refractivity contribution < 1.29 is 14.3 Å². The van der Waals surface area contributed by atoms with E-state index in [1.165, 1.54) is 11.1 Å². The molecule has 1 heterocycles. The Morgan fingerprint density at radius 1 is 1.13 bits per heavy atom. The summed E-state index contributed by atoms with van der Waals surface area (Å²) in [5.74, 6) is 1.70. The smallest absolute Gasteiger partial charge is 0.221 e. The van der Waals surface area contributed by atoms with Gasteiger partial charge in [0, 0.05) is 18.8 Å². The predicted molar refractivity (Wildman–Crippen MR) is 120 cm³/mol. The Labute approximate surface area is 183 Å². The number of benzene rings is 2. The second-order valence-corrected chi connectivity index (χ2v) is 7.98. The van der Waals surface area contributed by atoms with Gasteiger partial charge in [0.25, 0.3) is 0 Å².